The Kier molecular flexibility index (Phi) is 9.34. The molecule has 2 amide bonds. The minimum absolute atomic E-state index is 0. The van der Waals surface area contributed by atoms with Crippen molar-refractivity contribution in [2.24, 2.45) is 11.7 Å². The predicted molar refractivity (Wildman–Crippen MR) is 147 cm³/mol. The number of halogens is 4. The molecule has 3 aromatic rings. The molecule has 0 aliphatic carbocycles. The van der Waals surface area contributed by atoms with E-state index >= 15 is 0 Å². The van der Waals surface area contributed by atoms with E-state index in [-0.39, 0.29) is 42.1 Å². The van der Waals surface area contributed by atoms with Crippen LogP contribution >= 0.6 is 12.4 Å². The zero-order valence-corrected chi connectivity index (χ0v) is 23.0. The third-order valence-corrected chi connectivity index (χ3v) is 7.01. The van der Waals surface area contributed by atoms with Crippen LogP contribution in [0.2, 0.25) is 0 Å². The second-order valence-corrected chi connectivity index (χ2v) is 9.40. The lowest BCUT2D eigenvalue weighted by Gasteiger charge is -2.32. The van der Waals surface area contributed by atoms with Gasteiger partial charge in [0.1, 0.15) is 12.1 Å². The second-order valence-electron chi connectivity index (χ2n) is 9.40. The summed E-state index contributed by atoms with van der Waals surface area (Å²) in [6.45, 7) is 1.30. The van der Waals surface area contributed by atoms with Crippen LogP contribution < -0.4 is 16.2 Å². The molecular weight excluding hydrogens is 569 g/mol. The zero-order valence-electron chi connectivity index (χ0n) is 22.2. The van der Waals surface area contributed by atoms with E-state index in [0.29, 0.717) is 11.1 Å². The van der Waals surface area contributed by atoms with Crippen LogP contribution in [0.3, 0.4) is 0 Å². The average Bonchev–Trinajstić information content (AvgIpc) is 3.33. The number of likely N-dealkylation sites (N-methyl/N-ethyl adjacent to an activating group) is 1. The van der Waals surface area contributed by atoms with Gasteiger partial charge in [-0.1, -0.05) is 31.2 Å². The first-order valence-corrected chi connectivity index (χ1v) is 12.2. The molecule has 4 rings (SSSR count). The number of methoxy groups -OCH3 is 1. The molecule has 0 bridgehead atoms. The molecule has 2 aromatic carbocycles. The quantitative estimate of drug-likeness (QED) is 0.398. The van der Waals surface area contributed by atoms with Gasteiger partial charge in [-0.3, -0.25) is 14.5 Å². The Labute approximate surface area is 238 Å². The Morgan fingerprint density at radius 3 is 2.51 bits per heavy atom. The minimum Gasteiger partial charge on any atom is -0.467 e. The van der Waals surface area contributed by atoms with E-state index < -0.39 is 53.3 Å². The molecule has 220 valence electrons. The Hall–Kier alpha value is -4.10. The van der Waals surface area contributed by atoms with Crippen LogP contribution in [-0.2, 0) is 25.2 Å². The van der Waals surface area contributed by atoms with Crippen molar-refractivity contribution in [1.82, 2.24) is 9.88 Å². The molecule has 1 fully saturated rings. The maximum atomic E-state index is 13.5. The Morgan fingerprint density at radius 1 is 1.20 bits per heavy atom. The van der Waals surface area contributed by atoms with Gasteiger partial charge in [0.2, 0.25) is 5.91 Å². The lowest BCUT2D eigenvalue weighted by Crippen LogP contribution is -2.52. The third-order valence-electron chi connectivity index (χ3n) is 7.01. The molecule has 14 heteroatoms. The molecule has 0 saturated carbocycles. The van der Waals surface area contributed by atoms with E-state index in [4.69, 9.17) is 15.2 Å². The fourth-order valence-electron chi connectivity index (χ4n) is 4.84. The standard InChI is InChI=1S/C27H27F3N4O6.ClH/c1-14(23(25(37)39-3)33(2)22(35)12-31)21-13-34(26(38)40-21)16-9-8-15-10-20(32-24(36)18(15)11-16)17-6-4-5-7-19(17)27(28,29)30;/h4-11,14,21,23H,12-13,31H2,1-3H3,(H,32,36);1H/t14?,21-,23?;/m1./s1. The number of aromatic nitrogens is 1. The van der Waals surface area contributed by atoms with E-state index in [1.54, 1.807) is 6.92 Å². The van der Waals surface area contributed by atoms with Crippen LogP contribution in [0.5, 0.6) is 0 Å². The first-order chi connectivity index (χ1) is 18.9. The van der Waals surface area contributed by atoms with Crippen LogP contribution in [0.15, 0.2) is 53.3 Å². The van der Waals surface area contributed by atoms with Crippen molar-refractivity contribution in [3.8, 4) is 11.3 Å². The van der Waals surface area contributed by atoms with Crippen molar-refractivity contribution in [1.29, 1.82) is 0 Å². The summed E-state index contributed by atoms with van der Waals surface area (Å²) in [5, 5.41) is 0.514. The minimum atomic E-state index is -4.62. The molecule has 2 heterocycles. The highest BCUT2D eigenvalue weighted by Gasteiger charge is 2.43. The molecule has 1 aliphatic rings. The first-order valence-electron chi connectivity index (χ1n) is 12.2. The maximum absolute atomic E-state index is 13.5. The van der Waals surface area contributed by atoms with Gasteiger partial charge in [-0.05, 0) is 29.7 Å². The Balaban J connectivity index is 0.00000462. The smallest absolute Gasteiger partial charge is 0.417 e. The number of hydrogen-bond donors (Lipinski definition) is 2. The number of H-pyrrole nitrogens is 1. The zero-order chi connectivity index (χ0) is 29.4. The molecule has 41 heavy (non-hydrogen) atoms. The van der Waals surface area contributed by atoms with Crippen molar-refractivity contribution in [3.05, 3.63) is 64.4 Å². The number of ether oxygens (including phenoxy) is 2. The number of esters is 1. The lowest BCUT2D eigenvalue weighted by atomic mass is 9.94. The van der Waals surface area contributed by atoms with Gasteiger partial charge in [-0.25, -0.2) is 9.59 Å². The number of nitrogens with one attached hydrogen (secondary N) is 1. The number of alkyl halides is 3. The first kappa shape index (κ1) is 31.4. The highest BCUT2D eigenvalue weighted by Crippen LogP contribution is 2.37. The van der Waals surface area contributed by atoms with Crippen LogP contribution in [0.4, 0.5) is 23.7 Å². The number of benzene rings is 2. The SMILES string of the molecule is COC(=O)C(C(C)[C@H]1CN(c2ccc3cc(-c4ccccc4C(F)(F)F)[nH]c(=O)c3c2)C(=O)O1)N(C)C(=O)CN.Cl. The van der Waals surface area contributed by atoms with Crippen molar-refractivity contribution in [2.45, 2.75) is 25.2 Å². The van der Waals surface area contributed by atoms with E-state index in [1.165, 1.54) is 61.5 Å². The predicted octanol–water partition coefficient (Wildman–Crippen LogP) is 3.56. The number of cyclic esters (lactones) is 1. The molecule has 0 radical (unpaired) electrons. The van der Waals surface area contributed by atoms with Gasteiger partial charge in [-0.15, -0.1) is 12.4 Å². The largest absolute Gasteiger partial charge is 0.467 e. The van der Waals surface area contributed by atoms with E-state index in [9.17, 15) is 32.3 Å². The lowest BCUT2D eigenvalue weighted by molar-refractivity contribution is -0.155. The van der Waals surface area contributed by atoms with Crippen LogP contribution in [0.25, 0.3) is 22.0 Å². The van der Waals surface area contributed by atoms with Gasteiger partial charge in [-0.2, -0.15) is 13.2 Å². The summed E-state index contributed by atoms with van der Waals surface area (Å²) in [6, 6.07) is 9.78. The van der Waals surface area contributed by atoms with Gasteiger partial charge >= 0.3 is 18.2 Å². The average molecular weight is 597 g/mol. The topological polar surface area (TPSA) is 135 Å². The highest BCUT2D eigenvalue weighted by atomic mass is 35.5. The maximum Gasteiger partial charge on any atom is 0.417 e. The number of carbonyl (C=O) groups is 3. The normalized spacial score (nSPS) is 16.5. The Morgan fingerprint density at radius 2 is 1.88 bits per heavy atom. The number of carbonyl (C=O) groups excluding carboxylic acids is 3. The van der Waals surface area contributed by atoms with Crippen LogP contribution in [0.1, 0.15) is 12.5 Å². The van der Waals surface area contributed by atoms with Crippen molar-refractivity contribution >= 4 is 46.8 Å². The summed E-state index contributed by atoms with van der Waals surface area (Å²) >= 11 is 0. The molecule has 3 N–H and O–H groups in total. The molecule has 3 atom stereocenters. The summed E-state index contributed by atoms with van der Waals surface area (Å²) in [4.78, 5) is 55.3. The molecule has 2 unspecified atom stereocenters. The number of nitrogens with two attached hydrogens (primary N) is 1. The van der Waals surface area contributed by atoms with Gasteiger partial charge in [0.15, 0.2) is 0 Å². The summed E-state index contributed by atoms with van der Waals surface area (Å²) in [7, 11) is 2.58. The molecule has 10 nitrogen and oxygen atoms in total. The number of rotatable bonds is 7. The van der Waals surface area contributed by atoms with Gasteiger partial charge in [0, 0.05) is 35.3 Å². The highest BCUT2D eigenvalue weighted by molar-refractivity contribution is 5.95. The number of fused-ring (bicyclic) bond motifs is 1. The van der Waals surface area contributed by atoms with Crippen LogP contribution in [0, 0.1) is 5.92 Å². The van der Waals surface area contributed by atoms with Crippen LogP contribution in [-0.4, -0.2) is 67.2 Å². The van der Waals surface area contributed by atoms with E-state index in [0.717, 1.165) is 11.0 Å². The second kappa shape index (κ2) is 12.2. The number of nitrogens with zero attached hydrogens (tertiary/aromatic N) is 2. The fraction of sp³-hybridized carbons (Fsp3) is 0.333. The summed E-state index contributed by atoms with van der Waals surface area (Å²) in [5.41, 5.74) is 4.05. The monoisotopic (exact) mass is 596 g/mol. The number of hydrogen-bond acceptors (Lipinski definition) is 7. The fourth-order valence-corrected chi connectivity index (χ4v) is 4.84. The number of aromatic amines is 1. The summed E-state index contributed by atoms with van der Waals surface area (Å²) in [5.74, 6) is -1.89. The summed E-state index contributed by atoms with van der Waals surface area (Å²) < 4.78 is 50.9. The van der Waals surface area contributed by atoms with E-state index in [1.807, 2.05) is 0 Å². The van der Waals surface area contributed by atoms with E-state index in [2.05, 4.69) is 4.98 Å². The van der Waals surface area contributed by atoms with Crippen molar-refractivity contribution < 1.29 is 37.0 Å². The third kappa shape index (κ3) is 6.15. The molecule has 0 spiro atoms. The Bertz CT molecular complexity index is 1530. The number of amides is 2. The number of pyridine rings is 1. The van der Waals surface area contributed by atoms with Gasteiger partial charge in [0.25, 0.3) is 5.56 Å². The van der Waals surface area contributed by atoms with Gasteiger partial charge < -0.3 is 25.1 Å². The molecule has 1 aliphatic heterocycles. The molecular formula is C27H28ClF3N4O6. The number of anilines is 1. The molecule has 1 aromatic heterocycles. The van der Waals surface area contributed by atoms with Gasteiger partial charge in [0.05, 0.1) is 25.8 Å². The van der Waals surface area contributed by atoms with Crippen molar-refractivity contribution in [3.63, 3.8) is 0 Å². The molecule has 1 saturated heterocycles. The summed E-state index contributed by atoms with van der Waals surface area (Å²) in [6.07, 6.45) is -6.17. The van der Waals surface area contributed by atoms with Crippen molar-refractivity contribution in [2.75, 3.05) is 32.1 Å².